The number of hydrogen-bond donors (Lipinski definition) is 3. The van der Waals surface area contributed by atoms with Gasteiger partial charge in [0.15, 0.2) is 5.13 Å². The summed E-state index contributed by atoms with van der Waals surface area (Å²) in [6.45, 7) is 5.60. The molecular formula is C16H22N6O2S. The zero-order valence-corrected chi connectivity index (χ0v) is 14.7. The molecule has 9 heteroatoms. The maximum Gasteiger partial charge on any atom is 0.260 e. The molecule has 2 aromatic rings. The molecule has 0 atom stereocenters. The second-order valence-corrected chi connectivity index (χ2v) is 6.69. The van der Waals surface area contributed by atoms with E-state index in [2.05, 4.69) is 25.5 Å². The van der Waals surface area contributed by atoms with Crippen molar-refractivity contribution < 1.29 is 9.53 Å². The zero-order chi connectivity index (χ0) is 17.5. The van der Waals surface area contributed by atoms with Crippen LogP contribution in [0.5, 0.6) is 0 Å². The van der Waals surface area contributed by atoms with Crippen LogP contribution >= 0.6 is 11.3 Å². The van der Waals surface area contributed by atoms with Crippen molar-refractivity contribution in [1.82, 2.24) is 14.9 Å². The highest BCUT2D eigenvalue weighted by atomic mass is 32.1. The monoisotopic (exact) mass is 362 g/mol. The van der Waals surface area contributed by atoms with Gasteiger partial charge in [-0.3, -0.25) is 9.69 Å². The molecule has 1 saturated heterocycles. The molecule has 25 heavy (non-hydrogen) atoms. The first kappa shape index (κ1) is 17.6. The summed E-state index contributed by atoms with van der Waals surface area (Å²) in [5, 5.41) is 7.01. The van der Waals surface area contributed by atoms with Crippen molar-refractivity contribution in [3.63, 3.8) is 0 Å². The number of carbonyl (C=O) groups is 1. The largest absolute Gasteiger partial charge is 0.379 e. The third kappa shape index (κ3) is 5.38. The quantitative estimate of drug-likeness (QED) is 0.611. The van der Waals surface area contributed by atoms with Crippen LogP contribution in [0.2, 0.25) is 0 Å². The number of nitrogens with one attached hydrogen (secondary N) is 2. The van der Waals surface area contributed by atoms with Crippen LogP contribution in [0.4, 0.5) is 16.8 Å². The smallest absolute Gasteiger partial charge is 0.260 e. The Morgan fingerprint density at radius 2 is 2.12 bits per heavy atom. The molecule has 3 rings (SSSR count). The maximum atomic E-state index is 11.1. The van der Waals surface area contributed by atoms with Gasteiger partial charge in [-0.15, -0.1) is 0 Å². The van der Waals surface area contributed by atoms with E-state index in [-0.39, 0.29) is 0 Å². The summed E-state index contributed by atoms with van der Waals surface area (Å²) >= 11 is 1.21. The number of primary amides is 1. The van der Waals surface area contributed by atoms with Gasteiger partial charge in [-0.05, 0) is 25.1 Å². The molecule has 0 spiro atoms. The minimum Gasteiger partial charge on any atom is -0.379 e. The molecule has 0 bridgehead atoms. The lowest BCUT2D eigenvalue weighted by Gasteiger charge is -2.26. The predicted octanol–water partition coefficient (Wildman–Crippen LogP) is 1.51. The van der Waals surface area contributed by atoms with Crippen LogP contribution in [0.3, 0.4) is 0 Å². The number of thiazole rings is 1. The molecule has 2 aromatic heterocycles. The number of rotatable bonds is 8. The summed E-state index contributed by atoms with van der Waals surface area (Å²) in [6.07, 6.45) is 2.51. The molecule has 8 nitrogen and oxygen atoms in total. The zero-order valence-electron chi connectivity index (χ0n) is 13.9. The standard InChI is InChI=1S/C16H22N6O2S/c17-15(23)12-11-19-16(25-12)21-14-4-1-3-13(20-14)18-5-2-6-22-7-9-24-10-8-22/h1,3-4,11H,2,5-10H2,(H2,17,23)(H2,18,19,20,21). The fraction of sp³-hybridized carbons (Fsp3) is 0.438. The van der Waals surface area contributed by atoms with Gasteiger partial charge in [0.25, 0.3) is 5.91 Å². The van der Waals surface area contributed by atoms with Gasteiger partial charge in [0.2, 0.25) is 0 Å². The Bertz CT molecular complexity index is 701. The lowest BCUT2D eigenvalue weighted by molar-refractivity contribution is 0.0378. The van der Waals surface area contributed by atoms with Crippen LogP contribution in [0, 0.1) is 0 Å². The number of ether oxygens (including phenoxy) is 1. The normalized spacial score (nSPS) is 15.0. The summed E-state index contributed by atoms with van der Waals surface area (Å²) in [5.41, 5.74) is 5.23. The van der Waals surface area contributed by atoms with Gasteiger partial charge in [0.05, 0.1) is 19.4 Å². The Morgan fingerprint density at radius 1 is 1.32 bits per heavy atom. The molecule has 1 fully saturated rings. The van der Waals surface area contributed by atoms with E-state index in [9.17, 15) is 4.79 Å². The fourth-order valence-electron chi connectivity index (χ4n) is 2.50. The molecule has 1 aliphatic heterocycles. The van der Waals surface area contributed by atoms with Crippen molar-refractivity contribution >= 4 is 34.0 Å². The van der Waals surface area contributed by atoms with Crippen molar-refractivity contribution in [2.45, 2.75) is 6.42 Å². The number of amides is 1. The second-order valence-electron chi connectivity index (χ2n) is 5.66. The average molecular weight is 362 g/mol. The fourth-order valence-corrected chi connectivity index (χ4v) is 3.18. The molecular weight excluding hydrogens is 340 g/mol. The van der Waals surface area contributed by atoms with Gasteiger partial charge in [-0.1, -0.05) is 17.4 Å². The highest BCUT2D eigenvalue weighted by Gasteiger charge is 2.09. The Labute approximate surface area is 150 Å². The van der Waals surface area contributed by atoms with Gasteiger partial charge >= 0.3 is 0 Å². The number of pyridine rings is 1. The molecule has 1 aliphatic rings. The molecule has 0 saturated carbocycles. The van der Waals surface area contributed by atoms with Crippen molar-refractivity contribution in [3.05, 3.63) is 29.3 Å². The first-order valence-electron chi connectivity index (χ1n) is 8.24. The van der Waals surface area contributed by atoms with Gasteiger partial charge in [0, 0.05) is 19.6 Å². The summed E-state index contributed by atoms with van der Waals surface area (Å²) in [5.74, 6) is 0.997. The number of anilines is 3. The molecule has 3 heterocycles. The maximum absolute atomic E-state index is 11.1. The first-order chi connectivity index (χ1) is 12.2. The average Bonchev–Trinajstić information content (AvgIpc) is 3.09. The third-order valence-electron chi connectivity index (χ3n) is 3.79. The molecule has 1 amide bonds. The van der Waals surface area contributed by atoms with Crippen LogP contribution in [0.1, 0.15) is 16.1 Å². The van der Waals surface area contributed by atoms with Crippen molar-refractivity contribution in [2.24, 2.45) is 5.73 Å². The Hall–Kier alpha value is -2.23. The molecule has 0 aliphatic carbocycles. The number of morpholine rings is 1. The molecule has 0 radical (unpaired) electrons. The van der Waals surface area contributed by atoms with Crippen molar-refractivity contribution in [1.29, 1.82) is 0 Å². The topological polar surface area (TPSA) is 105 Å². The molecule has 134 valence electrons. The number of nitrogens with zero attached hydrogens (tertiary/aromatic N) is 3. The van der Waals surface area contributed by atoms with Crippen LogP contribution < -0.4 is 16.4 Å². The van der Waals surface area contributed by atoms with Crippen molar-refractivity contribution in [2.75, 3.05) is 50.0 Å². The minimum atomic E-state index is -0.478. The Morgan fingerprint density at radius 3 is 2.88 bits per heavy atom. The third-order valence-corrected chi connectivity index (χ3v) is 4.72. The molecule has 0 unspecified atom stereocenters. The van der Waals surface area contributed by atoms with Gasteiger partial charge in [0.1, 0.15) is 16.5 Å². The number of nitrogens with two attached hydrogens (primary N) is 1. The van der Waals surface area contributed by atoms with E-state index in [1.807, 2.05) is 18.2 Å². The van der Waals surface area contributed by atoms with E-state index in [0.29, 0.717) is 15.8 Å². The van der Waals surface area contributed by atoms with Gasteiger partial charge < -0.3 is 21.1 Å². The number of hydrogen-bond acceptors (Lipinski definition) is 8. The van der Waals surface area contributed by atoms with E-state index in [1.165, 1.54) is 17.5 Å². The highest BCUT2D eigenvalue weighted by molar-refractivity contribution is 7.17. The number of carbonyl (C=O) groups excluding carboxylic acids is 1. The predicted molar refractivity (Wildman–Crippen MR) is 98.5 cm³/mol. The molecule has 4 N–H and O–H groups in total. The van der Waals surface area contributed by atoms with E-state index < -0.39 is 5.91 Å². The van der Waals surface area contributed by atoms with Crippen LogP contribution in [-0.4, -0.2) is 60.2 Å². The summed E-state index contributed by atoms with van der Waals surface area (Å²) in [6, 6.07) is 5.70. The van der Waals surface area contributed by atoms with E-state index >= 15 is 0 Å². The lowest BCUT2D eigenvalue weighted by Crippen LogP contribution is -2.37. The SMILES string of the molecule is NC(=O)c1cnc(Nc2cccc(NCCCN3CCOCC3)n2)s1. The van der Waals surface area contributed by atoms with Crippen LogP contribution in [0.25, 0.3) is 0 Å². The van der Waals surface area contributed by atoms with E-state index in [0.717, 1.165) is 51.6 Å². The van der Waals surface area contributed by atoms with Crippen molar-refractivity contribution in [3.8, 4) is 0 Å². The van der Waals surface area contributed by atoms with Gasteiger partial charge in [-0.2, -0.15) is 0 Å². The summed E-state index contributed by atoms with van der Waals surface area (Å²) < 4.78 is 5.35. The summed E-state index contributed by atoms with van der Waals surface area (Å²) in [4.78, 5) is 22.6. The van der Waals surface area contributed by atoms with Crippen LogP contribution in [-0.2, 0) is 4.74 Å². The lowest BCUT2D eigenvalue weighted by atomic mass is 10.3. The highest BCUT2D eigenvalue weighted by Crippen LogP contribution is 2.21. The first-order valence-corrected chi connectivity index (χ1v) is 9.06. The Kier molecular flexibility index (Phi) is 6.15. The van der Waals surface area contributed by atoms with Crippen LogP contribution in [0.15, 0.2) is 24.4 Å². The van der Waals surface area contributed by atoms with E-state index in [1.54, 1.807) is 0 Å². The number of aromatic nitrogens is 2. The second kappa shape index (κ2) is 8.75. The summed E-state index contributed by atoms with van der Waals surface area (Å²) in [7, 11) is 0. The molecule has 0 aromatic carbocycles. The minimum absolute atomic E-state index is 0.417. The van der Waals surface area contributed by atoms with E-state index in [4.69, 9.17) is 10.5 Å². The Balaban J connectivity index is 1.46. The van der Waals surface area contributed by atoms with Gasteiger partial charge in [-0.25, -0.2) is 9.97 Å².